The molecule has 1 aromatic rings. The number of guanidine groups is 1. The number of hydrogen-bond acceptors (Lipinski definition) is 5. The van der Waals surface area contributed by atoms with Crippen molar-refractivity contribution in [3.05, 3.63) is 17.5 Å². The summed E-state index contributed by atoms with van der Waals surface area (Å²) in [6.45, 7) is 5.17. The minimum atomic E-state index is -3.44. The summed E-state index contributed by atoms with van der Waals surface area (Å²) < 4.78 is 26.6. The number of aliphatic imine (C=N–C) groups is 1. The van der Waals surface area contributed by atoms with E-state index in [4.69, 9.17) is 0 Å². The highest BCUT2D eigenvalue weighted by Crippen LogP contribution is 2.21. The normalized spacial score (nSPS) is 15.9. The first-order valence-electron chi connectivity index (χ1n) is 9.62. The van der Waals surface area contributed by atoms with Gasteiger partial charge in [0, 0.05) is 46.7 Å². The number of carbonyl (C=O) groups excluding carboxylic acids is 1. The van der Waals surface area contributed by atoms with E-state index >= 15 is 0 Å². The van der Waals surface area contributed by atoms with Gasteiger partial charge in [0.25, 0.3) is 10.0 Å². The molecule has 0 unspecified atom stereocenters. The first-order chi connectivity index (χ1) is 13.4. The molecule has 0 saturated carbocycles. The van der Waals surface area contributed by atoms with Crippen molar-refractivity contribution in [2.75, 3.05) is 46.8 Å². The van der Waals surface area contributed by atoms with Gasteiger partial charge in [-0.1, -0.05) is 6.07 Å². The van der Waals surface area contributed by atoms with Gasteiger partial charge in [-0.3, -0.25) is 9.79 Å². The molecule has 0 radical (unpaired) electrons. The van der Waals surface area contributed by atoms with Gasteiger partial charge in [-0.05, 0) is 37.1 Å². The largest absolute Gasteiger partial charge is 0.359 e. The van der Waals surface area contributed by atoms with Gasteiger partial charge in [-0.25, -0.2) is 8.42 Å². The molecule has 0 aromatic carbocycles. The van der Waals surface area contributed by atoms with Crippen molar-refractivity contribution < 1.29 is 13.2 Å². The van der Waals surface area contributed by atoms with Gasteiger partial charge in [0.05, 0.1) is 6.54 Å². The van der Waals surface area contributed by atoms with Gasteiger partial charge >= 0.3 is 0 Å². The Hall–Kier alpha value is -0.920. The minimum Gasteiger partial charge on any atom is -0.359 e. The monoisotopic (exact) mass is 557 g/mol. The van der Waals surface area contributed by atoms with Crippen LogP contribution in [0.3, 0.4) is 0 Å². The van der Waals surface area contributed by atoms with Crippen LogP contribution >= 0.6 is 35.3 Å². The number of likely N-dealkylation sites (N-methyl/N-ethyl adjacent to an activating group) is 1. The second-order valence-electron chi connectivity index (χ2n) is 6.80. The minimum absolute atomic E-state index is 0. The number of rotatable bonds is 8. The van der Waals surface area contributed by atoms with E-state index < -0.39 is 10.0 Å². The van der Waals surface area contributed by atoms with Crippen molar-refractivity contribution in [1.82, 2.24) is 19.8 Å². The summed E-state index contributed by atoms with van der Waals surface area (Å²) in [5.41, 5.74) is 0. The maximum Gasteiger partial charge on any atom is 0.252 e. The molecule has 2 rings (SSSR count). The van der Waals surface area contributed by atoms with Crippen LogP contribution in [0.4, 0.5) is 0 Å². The molecule has 0 spiro atoms. The third kappa shape index (κ3) is 7.68. The number of likely N-dealkylation sites (tertiary alicyclic amines) is 1. The number of thiophene rings is 1. The van der Waals surface area contributed by atoms with Gasteiger partial charge in [-0.2, -0.15) is 4.31 Å². The number of nitrogens with zero attached hydrogens (tertiary/aromatic N) is 3. The highest BCUT2D eigenvalue weighted by Gasteiger charge is 2.24. The van der Waals surface area contributed by atoms with Gasteiger partial charge < -0.3 is 15.5 Å². The third-order valence-electron chi connectivity index (χ3n) is 4.84. The summed E-state index contributed by atoms with van der Waals surface area (Å²) in [4.78, 5) is 18.4. The SMILES string of the molecule is CCNC(=NCCN(C)S(=O)(=O)c1cccs1)N1CCC(CC(=O)NC)CC1.I. The number of amides is 1. The Morgan fingerprint density at radius 2 is 2.07 bits per heavy atom. The van der Waals surface area contributed by atoms with Crippen molar-refractivity contribution in [3.63, 3.8) is 0 Å². The number of halogens is 1. The lowest BCUT2D eigenvalue weighted by Gasteiger charge is -2.34. The van der Waals surface area contributed by atoms with Gasteiger partial charge in [-0.15, -0.1) is 35.3 Å². The molecule has 1 saturated heterocycles. The molecule has 0 bridgehead atoms. The average molecular weight is 558 g/mol. The fourth-order valence-electron chi connectivity index (χ4n) is 3.12. The Morgan fingerprint density at radius 3 is 2.62 bits per heavy atom. The van der Waals surface area contributed by atoms with E-state index in [1.165, 1.54) is 15.6 Å². The molecule has 1 aliphatic heterocycles. The first kappa shape index (κ1) is 26.1. The van der Waals surface area contributed by atoms with Crippen LogP contribution in [0.2, 0.25) is 0 Å². The number of hydrogen-bond donors (Lipinski definition) is 2. The first-order valence-corrected chi connectivity index (χ1v) is 11.9. The van der Waals surface area contributed by atoms with Crippen molar-refractivity contribution in [2.24, 2.45) is 10.9 Å². The maximum atomic E-state index is 12.5. The third-order valence-corrected chi connectivity index (χ3v) is 8.07. The predicted molar refractivity (Wildman–Crippen MR) is 129 cm³/mol. The smallest absolute Gasteiger partial charge is 0.252 e. The molecule has 29 heavy (non-hydrogen) atoms. The molecule has 8 nitrogen and oxygen atoms in total. The van der Waals surface area contributed by atoms with Crippen LogP contribution in [-0.4, -0.2) is 76.3 Å². The molecule has 11 heteroatoms. The van der Waals surface area contributed by atoms with Crippen molar-refractivity contribution in [2.45, 2.75) is 30.4 Å². The summed E-state index contributed by atoms with van der Waals surface area (Å²) in [5, 5.41) is 7.74. The molecular formula is C18H32IN5O3S2. The van der Waals surface area contributed by atoms with Crippen molar-refractivity contribution in [1.29, 1.82) is 0 Å². The number of piperidine rings is 1. The Bertz CT molecular complexity index is 748. The van der Waals surface area contributed by atoms with E-state index in [2.05, 4.69) is 20.5 Å². The van der Waals surface area contributed by atoms with E-state index in [1.54, 1.807) is 31.6 Å². The molecule has 1 amide bonds. The molecule has 1 fully saturated rings. The zero-order chi connectivity index (χ0) is 20.6. The van der Waals surface area contributed by atoms with Crippen LogP contribution in [0.1, 0.15) is 26.2 Å². The highest BCUT2D eigenvalue weighted by molar-refractivity contribution is 14.0. The molecule has 166 valence electrons. The van der Waals surface area contributed by atoms with Gasteiger partial charge in [0.1, 0.15) is 4.21 Å². The Labute approximate surface area is 195 Å². The molecule has 0 atom stereocenters. The molecule has 1 aromatic heterocycles. The standard InChI is InChI=1S/C18H31N5O3S2.HI/c1-4-20-18(23-10-7-15(8-11-23)14-16(24)19-2)21-9-12-22(3)28(25,26)17-6-5-13-27-17;/h5-6,13,15H,4,7-12,14H2,1-3H3,(H,19,24)(H,20,21);1H. The lowest BCUT2D eigenvalue weighted by Crippen LogP contribution is -2.46. The van der Waals surface area contributed by atoms with Crippen LogP contribution in [0.15, 0.2) is 26.7 Å². The molecule has 0 aliphatic carbocycles. The fourth-order valence-corrected chi connectivity index (χ4v) is 5.48. The van der Waals surface area contributed by atoms with Crippen LogP contribution in [-0.2, 0) is 14.8 Å². The second-order valence-corrected chi connectivity index (χ2v) is 10.0. The zero-order valence-electron chi connectivity index (χ0n) is 17.3. The average Bonchev–Trinajstić information content (AvgIpc) is 3.23. The summed E-state index contributed by atoms with van der Waals surface area (Å²) in [7, 11) is -0.187. The summed E-state index contributed by atoms with van der Waals surface area (Å²) in [5.74, 6) is 1.30. The topological polar surface area (TPSA) is 94.1 Å². The van der Waals surface area contributed by atoms with Crippen LogP contribution in [0.5, 0.6) is 0 Å². The van der Waals surface area contributed by atoms with Gasteiger partial charge in [0.2, 0.25) is 5.91 Å². The second kappa shape index (κ2) is 12.7. The van der Waals surface area contributed by atoms with Crippen molar-refractivity contribution in [3.8, 4) is 0 Å². The predicted octanol–water partition coefficient (Wildman–Crippen LogP) is 1.80. The fraction of sp³-hybridized carbons (Fsp3) is 0.667. The van der Waals surface area contributed by atoms with E-state index in [9.17, 15) is 13.2 Å². The van der Waals surface area contributed by atoms with E-state index in [0.29, 0.717) is 29.6 Å². The molecule has 2 heterocycles. The Kier molecular flexibility index (Phi) is 11.4. The Morgan fingerprint density at radius 1 is 1.38 bits per heavy atom. The summed E-state index contributed by atoms with van der Waals surface area (Å²) in [6.07, 6.45) is 2.47. The zero-order valence-corrected chi connectivity index (χ0v) is 21.2. The lowest BCUT2D eigenvalue weighted by atomic mass is 9.93. The number of carbonyl (C=O) groups is 1. The van der Waals surface area contributed by atoms with E-state index in [1.807, 2.05) is 6.92 Å². The Balaban J connectivity index is 0.00000420. The molecule has 2 N–H and O–H groups in total. The van der Waals surface area contributed by atoms with Crippen LogP contribution in [0.25, 0.3) is 0 Å². The number of sulfonamides is 1. The summed E-state index contributed by atoms with van der Waals surface area (Å²) >= 11 is 1.22. The van der Waals surface area contributed by atoms with Gasteiger partial charge in [0.15, 0.2) is 5.96 Å². The van der Waals surface area contributed by atoms with Crippen LogP contribution in [0, 0.1) is 5.92 Å². The number of nitrogens with one attached hydrogen (secondary N) is 2. The highest BCUT2D eigenvalue weighted by atomic mass is 127. The maximum absolute atomic E-state index is 12.5. The van der Waals surface area contributed by atoms with E-state index in [-0.39, 0.29) is 29.9 Å². The van der Waals surface area contributed by atoms with E-state index in [0.717, 1.165) is 38.4 Å². The molecular weight excluding hydrogens is 525 g/mol. The molecule has 1 aliphatic rings. The quantitative estimate of drug-likeness (QED) is 0.289. The van der Waals surface area contributed by atoms with Crippen molar-refractivity contribution >= 4 is 57.2 Å². The lowest BCUT2D eigenvalue weighted by molar-refractivity contribution is -0.121. The summed E-state index contributed by atoms with van der Waals surface area (Å²) in [6, 6.07) is 3.35. The van der Waals surface area contributed by atoms with Crippen LogP contribution < -0.4 is 10.6 Å².